The summed E-state index contributed by atoms with van der Waals surface area (Å²) in [5.74, 6) is -0.0219. The molecule has 7 heteroatoms. The zero-order valence-corrected chi connectivity index (χ0v) is 17.5. The van der Waals surface area contributed by atoms with Crippen molar-refractivity contribution in [3.05, 3.63) is 59.9 Å². The number of rotatable bonds is 8. The van der Waals surface area contributed by atoms with Gasteiger partial charge in [-0.15, -0.1) is 0 Å². The highest BCUT2D eigenvalue weighted by atomic mass is 32.2. The van der Waals surface area contributed by atoms with Crippen LogP contribution >= 0.6 is 0 Å². The Hall–Kier alpha value is -2.41. The molecule has 0 heterocycles. The molecule has 1 aliphatic rings. The molecule has 1 aliphatic carbocycles. The van der Waals surface area contributed by atoms with Crippen LogP contribution in [-0.4, -0.2) is 25.3 Å². The van der Waals surface area contributed by atoms with E-state index in [1.165, 1.54) is 0 Å². The van der Waals surface area contributed by atoms with Gasteiger partial charge in [-0.05, 0) is 68.1 Å². The van der Waals surface area contributed by atoms with E-state index in [1.807, 2.05) is 11.8 Å². The largest absolute Gasteiger partial charge is 0.379 e. The van der Waals surface area contributed by atoms with Crippen LogP contribution in [0.15, 0.2) is 53.4 Å². The average molecular weight is 420 g/mol. The van der Waals surface area contributed by atoms with Crippen molar-refractivity contribution < 1.29 is 21.8 Å². The van der Waals surface area contributed by atoms with E-state index in [0.29, 0.717) is 6.54 Å². The smallest absolute Gasteiger partial charge is 0.339 e. The second kappa shape index (κ2) is 8.95. The minimum Gasteiger partial charge on any atom is -0.379 e. The Morgan fingerprint density at radius 3 is 2.28 bits per heavy atom. The first kappa shape index (κ1) is 21.3. The van der Waals surface area contributed by atoms with Crippen LogP contribution in [-0.2, 0) is 21.5 Å². The highest BCUT2D eigenvalue weighted by Gasteiger charge is 2.31. The van der Waals surface area contributed by atoms with Crippen molar-refractivity contribution >= 4 is 16.0 Å². The molecule has 0 bridgehead atoms. The number of amides is 1. The van der Waals surface area contributed by atoms with Crippen LogP contribution in [0.4, 0.5) is 4.39 Å². The number of hydrogen-bond donors (Lipinski definition) is 0. The number of hydrogen-bond acceptors (Lipinski definition) is 4. The fourth-order valence-corrected chi connectivity index (χ4v) is 4.11. The van der Waals surface area contributed by atoms with Crippen molar-refractivity contribution in [2.24, 2.45) is 5.92 Å². The molecule has 5 nitrogen and oxygen atoms in total. The van der Waals surface area contributed by atoms with Gasteiger partial charge in [-0.3, -0.25) is 4.79 Å². The summed E-state index contributed by atoms with van der Waals surface area (Å²) in [6.07, 6.45) is 3.90. The first-order chi connectivity index (χ1) is 13.8. The standard InChI is InChI=1S/C22H26FNO4S/c1-3-16(2)24(22(25)18-5-4-6-18)15-17-7-11-20(12-8-17)28-29(26,27)21-13-9-19(23)10-14-21/h7-14,16,18H,3-6,15H2,1-2H3. The molecule has 0 spiro atoms. The lowest BCUT2D eigenvalue weighted by Crippen LogP contribution is -2.43. The summed E-state index contributed by atoms with van der Waals surface area (Å²) in [5, 5.41) is 0. The maximum atomic E-state index is 13.0. The molecule has 1 atom stereocenters. The summed E-state index contributed by atoms with van der Waals surface area (Å²) in [4.78, 5) is 14.6. The summed E-state index contributed by atoms with van der Waals surface area (Å²) in [6, 6.07) is 11.3. The van der Waals surface area contributed by atoms with Crippen LogP contribution in [0.1, 0.15) is 45.1 Å². The Morgan fingerprint density at radius 1 is 1.14 bits per heavy atom. The molecule has 3 rings (SSSR count). The second-order valence-corrected chi connectivity index (χ2v) is 9.03. The van der Waals surface area contributed by atoms with Crippen molar-refractivity contribution in [2.45, 2.75) is 57.0 Å². The van der Waals surface area contributed by atoms with Gasteiger partial charge in [0.05, 0.1) is 0 Å². The Kier molecular flexibility index (Phi) is 6.57. The fraction of sp³-hybridized carbons (Fsp3) is 0.409. The maximum absolute atomic E-state index is 13.0. The number of carbonyl (C=O) groups excluding carboxylic acids is 1. The summed E-state index contributed by atoms with van der Waals surface area (Å²) >= 11 is 0. The molecule has 0 radical (unpaired) electrons. The molecule has 2 aromatic rings. The van der Waals surface area contributed by atoms with E-state index in [4.69, 9.17) is 4.18 Å². The molecule has 0 aromatic heterocycles. The second-order valence-electron chi connectivity index (χ2n) is 7.49. The molecule has 0 aliphatic heterocycles. The third-order valence-electron chi connectivity index (χ3n) is 5.44. The molecule has 156 valence electrons. The summed E-state index contributed by atoms with van der Waals surface area (Å²) in [6.45, 7) is 4.58. The third kappa shape index (κ3) is 5.15. The van der Waals surface area contributed by atoms with Crippen molar-refractivity contribution in [3.63, 3.8) is 0 Å². The number of nitrogens with zero attached hydrogens (tertiary/aromatic N) is 1. The van der Waals surface area contributed by atoms with E-state index in [1.54, 1.807) is 24.3 Å². The van der Waals surface area contributed by atoms with Gasteiger partial charge in [0, 0.05) is 18.5 Å². The normalized spacial score (nSPS) is 15.4. The lowest BCUT2D eigenvalue weighted by molar-refractivity contribution is -0.141. The van der Waals surface area contributed by atoms with E-state index < -0.39 is 15.9 Å². The van der Waals surface area contributed by atoms with Gasteiger partial charge in [-0.1, -0.05) is 25.5 Å². The Balaban J connectivity index is 1.70. The van der Waals surface area contributed by atoms with Gasteiger partial charge >= 0.3 is 10.1 Å². The van der Waals surface area contributed by atoms with Gasteiger partial charge in [0.2, 0.25) is 5.91 Å². The SMILES string of the molecule is CCC(C)N(Cc1ccc(OS(=O)(=O)c2ccc(F)cc2)cc1)C(=O)C1CCC1. The van der Waals surface area contributed by atoms with Gasteiger partial charge in [-0.2, -0.15) is 8.42 Å². The van der Waals surface area contributed by atoms with Gasteiger partial charge < -0.3 is 9.08 Å². The van der Waals surface area contributed by atoms with Crippen LogP contribution in [0.2, 0.25) is 0 Å². The monoisotopic (exact) mass is 419 g/mol. The van der Waals surface area contributed by atoms with Crippen molar-refractivity contribution in [3.8, 4) is 5.75 Å². The number of halogens is 1. The van der Waals surface area contributed by atoms with Crippen LogP contribution in [0.25, 0.3) is 0 Å². The number of benzene rings is 2. The van der Waals surface area contributed by atoms with E-state index in [2.05, 4.69) is 6.92 Å². The minimum atomic E-state index is -4.04. The van der Waals surface area contributed by atoms with Crippen LogP contribution in [0, 0.1) is 11.7 Å². The summed E-state index contributed by atoms with van der Waals surface area (Å²) < 4.78 is 42.8. The van der Waals surface area contributed by atoms with Crippen LogP contribution in [0.5, 0.6) is 5.75 Å². The van der Waals surface area contributed by atoms with Gasteiger partial charge in [0.15, 0.2) is 0 Å². The molecule has 29 heavy (non-hydrogen) atoms. The molecule has 1 fully saturated rings. The molecule has 1 amide bonds. The Bertz CT molecular complexity index is 938. The van der Waals surface area contributed by atoms with Crippen molar-refractivity contribution in [1.82, 2.24) is 4.90 Å². The first-order valence-electron chi connectivity index (χ1n) is 9.89. The van der Waals surface area contributed by atoms with Gasteiger partial charge in [-0.25, -0.2) is 4.39 Å². The zero-order valence-electron chi connectivity index (χ0n) is 16.7. The van der Waals surface area contributed by atoms with E-state index in [9.17, 15) is 17.6 Å². The van der Waals surface area contributed by atoms with Crippen molar-refractivity contribution in [1.29, 1.82) is 0 Å². The number of carbonyl (C=O) groups is 1. The van der Waals surface area contributed by atoms with Gasteiger partial charge in [0.25, 0.3) is 0 Å². The molecule has 0 saturated heterocycles. The van der Waals surface area contributed by atoms with Crippen LogP contribution < -0.4 is 4.18 Å². The maximum Gasteiger partial charge on any atom is 0.339 e. The fourth-order valence-electron chi connectivity index (χ4n) is 3.18. The predicted octanol–water partition coefficient (Wildman–Crippen LogP) is 4.52. The summed E-state index contributed by atoms with van der Waals surface area (Å²) in [5.41, 5.74) is 0.907. The minimum absolute atomic E-state index is 0.114. The molecule has 2 aromatic carbocycles. The third-order valence-corrected chi connectivity index (χ3v) is 6.71. The van der Waals surface area contributed by atoms with E-state index >= 15 is 0 Å². The lowest BCUT2D eigenvalue weighted by atomic mass is 9.84. The highest BCUT2D eigenvalue weighted by molar-refractivity contribution is 7.87. The summed E-state index contributed by atoms with van der Waals surface area (Å²) in [7, 11) is -4.04. The van der Waals surface area contributed by atoms with E-state index in [0.717, 1.165) is 55.5 Å². The average Bonchev–Trinajstić information content (AvgIpc) is 2.65. The topological polar surface area (TPSA) is 63.7 Å². The molecule has 1 unspecified atom stereocenters. The Morgan fingerprint density at radius 2 is 1.76 bits per heavy atom. The van der Waals surface area contributed by atoms with Crippen molar-refractivity contribution in [2.75, 3.05) is 0 Å². The molecule has 1 saturated carbocycles. The molecule has 0 N–H and O–H groups in total. The zero-order chi connectivity index (χ0) is 21.0. The van der Waals surface area contributed by atoms with Crippen LogP contribution in [0.3, 0.4) is 0 Å². The Labute approximate surface area is 171 Å². The highest BCUT2D eigenvalue weighted by Crippen LogP contribution is 2.30. The quantitative estimate of drug-likeness (QED) is 0.590. The predicted molar refractivity (Wildman–Crippen MR) is 108 cm³/mol. The van der Waals surface area contributed by atoms with E-state index in [-0.39, 0.29) is 28.5 Å². The van der Waals surface area contributed by atoms with Gasteiger partial charge in [0.1, 0.15) is 16.5 Å². The first-order valence-corrected chi connectivity index (χ1v) is 11.3. The lowest BCUT2D eigenvalue weighted by Gasteiger charge is -2.35. The molecular formula is C22H26FNO4S. The molecular weight excluding hydrogens is 393 g/mol.